The van der Waals surface area contributed by atoms with Crippen LogP contribution in [0.5, 0.6) is 0 Å². The molecule has 1 aliphatic heterocycles. The minimum Gasteiger partial charge on any atom is -0.476 e. The molecule has 1 amide bonds. The number of rotatable bonds is 4. The van der Waals surface area contributed by atoms with Crippen LogP contribution in [0.1, 0.15) is 10.5 Å². The van der Waals surface area contributed by atoms with Crippen molar-refractivity contribution in [3.8, 4) is 11.4 Å². The summed E-state index contributed by atoms with van der Waals surface area (Å²) in [5.41, 5.74) is 0.719. The van der Waals surface area contributed by atoms with Gasteiger partial charge in [-0.1, -0.05) is 5.21 Å². The number of imidazole rings is 1. The van der Waals surface area contributed by atoms with Crippen LogP contribution in [0.4, 0.5) is 4.79 Å². The zero-order valence-corrected chi connectivity index (χ0v) is 11.1. The highest BCUT2D eigenvalue weighted by molar-refractivity contribution is 5.92. The van der Waals surface area contributed by atoms with E-state index in [2.05, 4.69) is 20.6 Å². The molecule has 0 saturated carbocycles. The van der Waals surface area contributed by atoms with Crippen molar-refractivity contribution in [3.63, 3.8) is 0 Å². The van der Waals surface area contributed by atoms with Gasteiger partial charge in [-0.05, 0) is 0 Å². The molecular formula is C11H12N6O4. The lowest BCUT2D eigenvalue weighted by molar-refractivity contribution is 0.0691. The topological polar surface area (TPSA) is 124 Å². The molecule has 1 atom stereocenters. The molecule has 110 valence electrons. The number of nitrogens with one attached hydrogen (secondary N) is 1. The Morgan fingerprint density at radius 2 is 2.43 bits per heavy atom. The Morgan fingerprint density at radius 3 is 3.00 bits per heavy atom. The smallest absolute Gasteiger partial charge is 0.407 e. The number of aromatic nitrogens is 5. The van der Waals surface area contributed by atoms with Crippen molar-refractivity contribution in [2.45, 2.75) is 12.6 Å². The van der Waals surface area contributed by atoms with Crippen molar-refractivity contribution in [3.05, 3.63) is 18.2 Å². The van der Waals surface area contributed by atoms with Gasteiger partial charge in [0.25, 0.3) is 0 Å². The van der Waals surface area contributed by atoms with E-state index in [-0.39, 0.29) is 12.2 Å². The number of alkyl carbamates (subject to hydrolysis) is 1. The number of carbonyl (C=O) groups is 2. The SMILES string of the molecule is Cn1cncc1-c1c(C(=O)O)nnn1CC1CNC(=O)O1. The fourth-order valence-corrected chi connectivity index (χ4v) is 2.15. The van der Waals surface area contributed by atoms with E-state index in [4.69, 9.17) is 4.74 Å². The first-order valence-electron chi connectivity index (χ1n) is 6.14. The normalized spacial score (nSPS) is 17.6. The van der Waals surface area contributed by atoms with Gasteiger partial charge in [-0.2, -0.15) is 0 Å². The van der Waals surface area contributed by atoms with Gasteiger partial charge in [-0.25, -0.2) is 19.3 Å². The lowest BCUT2D eigenvalue weighted by Gasteiger charge is -2.10. The van der Waals surface area contributed by atoms with Gasteiger partial charge in [0.05, 0.1) is 31.3 Å². The van der Waals surface area contributed by atoms with Crippen molar-refractivity contribution in [1.82, 2.24) is 29.9 Å². The van der Waals surface area contributed by atoms with Gasteiger partial charge in [0.2, 0.25) is 0 Å². The number of cyclic esters (lactones) is 1. The summed E-state index contributed by atoms with van der Waals surface area (Å²) < 4.78 is 8.10. The van der Waals surface area contributed by atoms with E-state index in [1.807, 2.05) is 0 Å². The predicted octanol–water partition coefficient (Wildman–Crippen LogP) is -0.515. The number of carbonyl (C=O) groups excluding carboxylic acids is 1. The number of carboxylic acids is 1. The lowest BCUT2D eigenvalue weighted by atomic mass is 10.2. The fraction of sp³-hybridized carbons (Fsp3) is 0.364. The molecule has 2 aromatic rings. The van der Waals surface area contributed by atoms with Crippen LogP contribution in [-0.4, -0.2) is 54.4 Å². The Labute approximate surface area is 118 Å². The molecule has 0 spiro atoms. The van der Waals surface area contributed by atoms with Crippen LogP contribution in [-0.2, 0) is 18.3 Å². The van der Waals surface area contributed by atoms with Gasteiger partial charge in [-0.3, -0.25) is 0 Å². The molecule has 1 unspecified atom stereocenters. The summed E-state index contributed by atoms with van der Waals surface area (Å²) >= 11 is 0. The first kappa shape index (κ1) is 13.1. The molecule has 1 aliphatic rings. The lowest BCUT2D eigenvalue weighted by Crippen LogP contribution is -2.22. The average molecular weight is 292 g/mol. The van der Waals surface area contributed by atoms with Gasteiger partial charge in [0, 0.05) is 7.05 Å². The van der Waals surface area contributed by atoms with Gasteiger partial charge in [-0.15, -0.1) is 5.10 Å². The van der Waals surface area contributed by atoms with Crippen LogP contribution in [0.2, 0.25) is 0 Å². The molecule has 0 bridgehead atoms. The van der Waals surface area contributed by atoms with Crippen molar-refractivity contribution in [2.24, 2.45) is 7.05 Å². The predicted molar refractivity (Wildman–Crippen MR) is 67.5 cm³/mol. The van der Waals surface area contributed by atoms with E-state index in [0.29, 0.717) is 17.9 Å². The van der Waals surface area contributed by atoms with E-state index in [9.17, 15) is 14.7 Å². The summed E-state index contributed by atoms with van der Waals surface area (Å²) in [5, 5.41) is 19.3. The second kappa shape index (κ2) is 4.89. The summed E-state index contributed by atoms with van der Waals surface area (Å²) in [6.07, 6.45) is 2.16. The van der Waals surface area contributed by atoms with Gasteiger partial charge < -0.3 is 19.7 Å². The summed E-state index contributed by atoms with van der Waals surface area (Å²) in [6, 6.07) is 0. The van der Waals surface area contributed by atoms with Crippen molar-refractivity contribution in [2.75, 3.05) is 6.54 Å². The van der Waals surface area contributed by atoms with Crippen LogP contribution in [0.25, 0.3) is 11.4 Å². The zero-order valence-electron chi connectivity index (χ0n) is 11.1. The molecule has 10 nitrogen and oxygen atoms in total. The molecule has 0 radical (unpaired) electrons. The highest BCUT2D eigenvalue weighted by Gasteiger charge is 2.28. The molecule has 1 saturated heterocycles. The van der Waals surface area contributed by atoms with Crippen LogP contribution in [0.15, 0.2) is 12.5 Å². The zero-order chi connectivity index (χ0) is 15.0. The number of carboxylic acid groups (broad SMARTS) is 1. The van der Waals surface area contributed by atoms with E-state index in [1.165, 1.54) is 10.9 Å². The van der Waals surface area contributed by atoms with Crippen molar-refractivity contribution in [1.29, 1.82) is 0 Å². The molecule has 0 aliphatic carbocycles. The molecular weight excluding hydrogens is 280 g/mol. The maximum Gasteiger partial charge on any atom is 0.407 e. The average Bonchev–Trinajstić information content (AvgIpc) is 3.11. The van der Waals surface area contributed by atoms with Gasteiger partial charge in [0.1, 0.15) is 11.8 Å². The number of ether oxygens (including phenoxy) is 1. The van der Waals surface area contributed by atoms with Gasteiger partial charge >= 0.3 is 12.1 Å². The molecule has 3 heterocycles. The molecule has 3 rings (SSSR count). The first-order valence-corrected chi connectivity index (χ1v) is 6.14. The first-order chi connectivity index (χ1) is 10.1. The minimum atomic E-state index is -1.18. The largest absolute Gasteiger partial charge is 0.476 e. The van der Waals surface area contributed by atoms with E-state index < -0.39 is 18.2 Å². The fourth-order valence-electron chi connectivity index (χ4n) is 2.15. The third-order valence-corrected chi connectivity index (χ3v) is 3.12. The summed E-state index contributed by atoms with van der Waals surface area (Å²) in [4.78, 5) is 26.3. The summed E-state index contributed by atoms with van der Waals surface area (Å²) in [7, 11) is 1.74. The monoisotopic (exact) mass is 292 g/mol. The summed E-state index contributed by atoms with van der Waals surface area (Å²) in [6.45, 7) is 0.547. The number of hydrogen-bond donors (Lipinski definition) is 2. The second-order valence-electron chi connectivity index (χ2n) is 4.57. The Morgan fingerprint density at radius 1 is 1.62 bits per heavy atom. The minimum absolute atomic E-state index is 0.170. The van der Waals surface area contributed by atoms with Crippen LogP contribution < -0.4 is 5.32 Å². The molecule has 1 fully saturated rings. The third kappa shape index (κ3) is 2.30. The number of amides is 1. The Kier molecular flexibility index (Phi) is 3.05. The van der Waals surface area contributed by atoms with Crippen LogP contribution in [0, 0.1) is 0 Å². The Bertz CT molecular complexity index is 705. The van der Waals surface area contributed by atoms with E-state index in [0.717, 1.165) is 0 Å². The maximum atomic E-state index is 11.3. The quantitative estimate of drug-likeness (QED) is 0.777. The van der Waals surface area contributed by atoms with Crippen LogP contribution >= 0.6 is 0 Å². The second-order valence-corrected chi connectivity index (χ2v) is 4.57. The third-order valence-electron chi connectivity index (χ3n) is 3.12. The van der Waals surface area contributed by atoms with Crippen molar-refractivity contribution >= 4 is 12.1 Å². The molecule has 2 aromatic heterocycles. The standard InChI is InChI=1S/C11H12N6O4/c1-16-5-12-3-7(16)9-8(10(18)19)14-15-17(9)4-6-2-13-11(20)21-6/h3,5-6H,2,4H2,1H3,(H,13,20)(H,18,19). The number of nitrogens with zero attached hydrogens (tertiary/aromatic N) is 5. The van der Waals surface area contributed by atoms with Gasteiger partial charge in [0.15, 0.2) is 5.69 Å². The highest BCUT2D eigenvalue weighted by atomic mass is 16.6. The highest BCUT2D eigenvalue weighted by Crippen LogP contribution is 2.22. The van der Waals surface area contributed by atoms with E-state index in [1.54, 1.807) is 17.9 Å². The number of aromatic carboxylic acids is 1. The molecule has 21 heavy (non-hydrogen) atoms. The molecule has 10 heteroatoms. The Balaban J connectivity index is 1.99. The maximum absolute atomic E-state index is 11.3. The molecule has 2 N–H and O–H groups in total. The number of hydrogen-bond acceptors (Lipinski definition) is 6. The van der Waals surface area contributed by atoms with Crippen LogP contribution in [0.3, 0.4) is 0 Å². The van der Waals surface area contributed by atoms with Crippen molar-refractivity contribution < 1.29 is 19.4 Å². The Hall–Kier alpha value is -2.91. The number of aryl methyl sites for hydroxylation is 1. The van der Waals surface area contributed by atoms with E-state index >= 15 is 0 Å². The summed E-state index contributed by atoms with van der Waals surface area (Å²) in [5.74, 6) is -1.18. The molecule has 0 aromatic carbocycles.